The largest absolute Gasteiger partial charge is 0.389 e. The second-order valence-corrected chi connectivity index (χ2v) is 5.60. The topological polar surface area (TPSA) is 49.5 Å². The number of likely N-dealkylation sites (N-methyl/N-ethyl adjacent to an activating group) is 1. The summed E-state index contributed by atoms with van der Waals surface area (Å²) < 4.78 is 0. The highest BCUT2D eigenvalue weighted by atomic mass is 16.3. The first kappa shape index (κ1) is 15.9. The highest BCUT2D eigenvalue weighted by Gasteiger charge is 2.27. The van der Waals surface area contributed by atoms with Crippen LogP contribution in [-0.4, -0.2) is 41.8 Å². The molecule has 0 rings (SSSR count). The third-order valence-corrected chi connectivity index (χ3v) is 3.49. The van der Waals surface area contributed by atoms with Crippen LogP contribution in [0.25, 0.3) is 0 Å². The van der Waals surface area contributed by atoms with Crippen molar-refractivity contribution in [2.45, 2.75) is 53.1 Å². The summed E-state index contributed by atoms with van der Waals surface area (Å²) >= 11 is 0. The summed E-state index contributed by atoms with van der Waals surface area (Å²) in [5.74, 6) is 0. The van der Waals surface area contributed by atoms with E-state index in [0.717, 1.165) is 32.5 Å². The van der Waals surface area contributed by atoms with Crippen LogP contribution in [0.4, 0.5) is 0 Å². The molecule has 0 radical (unpaired) electrons. The minimum Gasteiger partial charge on any atom is -0.389 e. The van der Waals surface area contributed by atoms with Crippen molar-refractivity contribution in [3.63, 3.8) is 0 Å². The Bertz CT molecular complexity index is 188. The Balaban J connectivity index is 4.41. The minimum absolute atomic E-state index is 0.123. The van der Waals surface area contributed by atoms with Gasteiger partial charge in [-0.1, -0.05) is 34.6 Å². The number of hydrogen-bond acceptors (Lipinski definition) is 3. The van der Waals surface area contributed by atoms with Crippen molar-refractivity contribution in [2.24, 2.45) is 11.1 Å². The Kier molecular flexibility index (Phi) is 6.53. The van der Waals surface area contributed by atoms with Gasteiger partial charge in [-0.25, -0.2) is 0 Å². The van der Waals surface area contributed by atoms with Crippen molar-refractivity contribution in [1.29, 1.82) is 0 Å². The number of hydrogen-bond donors (Lipinski definition) is 2. The van der Waals surface area contributed by atoms with Crippen LogP contribution < -0.4 is 5.73 Å². The summed E-state index contributed by atoms with van der Waals surface area (Å²) in [5, 5.41) is 10.3. The molecule has 0 aliphatic heterocycles. The number of nitrogens with zero attached hydrogens (tertiary/aromatic N) is 1. The molecule has 0 unspecified atom stereocenters. The van der Waals surface area contributed by atoms with Crippen molar-refractivity contribution in [1.82, 2.24) is 4.90 Å². The standard InChI is InChI=1S/C13H30N2O/c1-6-13(16,7-2)11-15(8-3)10-12(4,5)9-14/h16H,6-11,14H2,1-5H3. The second kappa shape index (κ2) is 6.58. The van der Waals surface area contributed by atoms with Gasteiger partial charge in [0.1, 0.15) is 0 Å². The van der Waals surface area contributed by atoms with Crippen molar-refractivity contribution >= 4 is 0 Å². The molecule has 3 heteroatoms. The van der Waals surface area contributed by atoms with E-state index in [2.05, 4.69) is 25.7 Å². The van der Waals surface area contributed by atoms with Gasteiger partial charge in [-0.3, -0.25) is 0 Å². The van der Waals surface area contributed by atoms with Gasteiger partial charge in [0.05, 0.1) is 5.60 Å². The molecule has 3 N–H and O–H groups in total. The van der Waals surface area contributed by atoms with E-state index in [0.29, 0.717) is 6.54 Å². The molecule has 0 amide bonds. The molecule has 0 aromatic rings. The number of nitrogens with two attached hydrogens (primary N) is 1. The lowest BCUT2D eigenvalue weighted by atomic mass is 9.91. The van der Waals surface area contributed by atoms with Crippen molar-refractivity contribution < 1.29 is 5.11 Å². The van der Waals surface area contributed by atoms with Gasteiger partial charge in [-0.15, -0.1) is 0 Å². The molecule has 0 bridgehead atoms. The van der Waals surface area contributed by atoms with Gasteiger partial charge < -0.3 is 15.7 Å². The molecule has 0 aromatic heterocycles. The zero-order valence-electron chi connectivity index (χ0n) is 11.7. The highest BCUT2D eigenvalue weighted by Crippen LogP contribution is 2.20. The summed E-state index contributed by atoms with van der Waals surface area (Å²) in [7, 11) is 0. The van der Waals surface area contributed by atoms with E-state index in [1.165, 1.54) is 0 Å². The third kappa shape index (κ3) is 5.28. The molecule has 0 saturated carbocycles. The van der Waals surface area contributed by atoms with Crippen molar-refractivity contribution in [3.8, 4) is 0 Å². The van der Waals surface area contributed by atoms with Crippen LogP contribution in [0.1, 0.15) is 47.5 Å². The lowest BCUT2D eigenvalue weighted by Crippen LogP contribution is -2.47. The monoisotopic (exact) mass is 230 g/mol. The predicted octanol–water partition coefficient (Wildman–Crippen LogP) is 1.84. The van der Waals surface area contributed by atoms with E-state index >= 15 is 0 Å². The van der Waals surface area contributed by atoms with E-state index in [1.54, 1.807) is 0 Å². The lowest BCUT2D eigenvalue weighted by molar-refractivity contribution is -0.00978. The Morgan fingerprint density at radius 3 is 1.88 bits per heavy atom. The first-order chi connectivity index (χ1) is 7.32. The van der Waals surface area contributed by atoms with Crippen molar-refractivity contribution in [2.75, 3.05) is 26.2 Å². The van der Waals surface area contributed by atoms with E-state index in [9.17, 15) is 5.11 Å². The fraction of sp³-hybridized carbons (Fsp3) is 1.00. The third-order valence-electron chi connectivity index (χ3n) is 3.49. The Hall–Kier alpha value is -0.120. The molecule has 3 nitrogen and oxygen atoms in total. The minimum atomic E-state index is -0.541. The lowest BCUT2D eigenvalue weighted by Gasteiger charge is -2.36. The van der Waals surface area contributed by atoms with Crippen LogP contribution in [0.5, 0.6) is 0 Å². The zero-order chi connectivity index (χ0) is 12.8. The molecule has 0 fully saturated rings. The van der Waals surface area contributed by atoms with Crippen LogP contribution in [-0.2, 0) is 0 Å². The van der Waals surface area contributed by atoms with Gasteiger partial charge in [0.15, 0.2) is 0 Å². The molecule has 0 heterocycles. The van der Waals surface area contributed by atoms with E-state index in [4.69, 9.17) is 5.73 Å². The molecule has 0 saturated heterocycles. The molecular formula is C13H30N2O. The summed E-state index contributed by atoms with van der Waals surface area (Å²) in [6, 6.07) is 0. The Labute approximate surface area is 101 Å². The smallest absolute Gasteiger partial charge is 0.0768 e. The highest BCUT2D eigenvalue weighted by molar-refractivity contribution is 4.82. The summed E-state index contributed by atoms with van der Waals surface area (Å²) in [6.07, 6.45) is 1.62. The zero-order valence-corrected chi connectivity index (χ0v) is 11.7. The average Bonchev–Trinajstić information content (AvgIpc) is 2.27. The predicted molar refractivity (Wildman–Crippen MR) is 70.5 cm³/mol. The van der Waals surface area contributed by atoms with Gasteiger partial charge in [-0.2, -0.15) is 0 Å². The second-order valence-electron chi connectivity index (χ2n) is 5.60. The van der Waals surface area contributed by atoms with Crippen LogP contribution in [0.15, 0.2) is 0 Å². The van der Waals surface area contributed by atoms with Crippen LogP contribution >= 0.6 is 0 Å². The maximum absolute atomic E-state index is 10.3. The molecule has 0 spiro atoms. The normalized spacial score (nSPS) is 13.5. The maximum atomic E-state index is 10.3. The molecule has 0 atom stereocenters. The van der Waals surface area contributed by atoms with Gasteiger partial charge in [-0.05, 0) is 31.3 Å². The molecule has 0 aromatic carbocycles. The van der Waals surface area contributed by atoms with Crippen LogP contribution in [0, 0.1) is 5.41 Å². The maximum Gasteiger partial charge on any atom is 0.0768 e. The van der Waals surface area contributed by atoms with Gasteiger partial charge in [0.25, 0.3) is 0 Å². The van der Waals surface area contributed by atoms with Gasteiger partial charge >= 0.3 is 0 Å². The average molecular weight is 230 g/mol. The first-order valence-electron chi connectivity index (χ1n) is 6.47. The molecule has 0 aliphatic rings. The fourth-order valence-electron chi connectivity index (χ4n) is 1.84. The molecule has 0 aliphatic carbocycles. The number of aliphatic hydroxyl groups is 1. The summed E-state index contributed by atoms with van der Waals surface area (Å²) in [5.41, 5.74) is 5.33. The summed E-state index contributed by atoms with van der Waals surface area (Å²) in [6.45, 7) is 13.9. The van der Waals surface area contributed by atoms with Crippen LogP contribution in [0.2, 0.25) is 0 Å². The van der Waals surface area contributed by atoms with E-state index in [-0.39, 0.29) is 5.41 Å². The Morgan fingerprint density at radius 2 is 1.56 bits per heavy atom. The first-order valence-corrected chi connectivity index (χ1v) is 6.47. The molecule has 98 valence electrons. The van der Waals surface area contributed by atoms with Gasteiger partial charge in [0, 0.05) is 13.1 Å². The SMILES string of the molecule is CCN(CC(C)(C)CN)CC(O)(CC)CC. The molecular weight excluding hydrogens is 200 g/mol. The fourth-order valence-corrected chi connectivity index (χ4v) is 1.84. The number of rotatable bonds is 8. The van der Waals surface area contributed by atoms with Crippen molar-refractivity contribution in [3.05, 3.63) is 0 Å². The summed E-state index contributed by atoms with van der Waals surface area (Å²) in [4.78, 5) is 2.31. The molecule has 16 heavy (non-hydrogen) atoms. The quantitative estimate of drug-likeness (QED) is 0.669. The Morgan fingerprint density at radius 1 is 1.06 bits per heavy atom. The van der Waals surface area contributed by atoms with E-state index in [1.807, 2.05) is 13.8 Å². The van der Waals surface area contributed by atoms with Crippen LogP contribution in [0.3, 0.4) is 0 Å². The van der Waals surface area contributed by atoms with Gasteiger partial charge in [0.2, 0.25) is 0 Å². The van der Waals surface area contributed by atoms with E-state index < -0.39 is 5.60 Å².